The fourth-order valence-corrected chi connectivity index (χ4v) is 3.84. The highest BCUT2D eigenvalue weighted by atomic mass is 16.4. The zero-order valence-electron chi connectivity index (χ0n) is 12.4. The van der Waals surface area contributed by atoms with Crippen LogP contribution < -0.4 is 0 Å². The minimum atomic E-state index is -0.674. The molecular weight excluding hydrogens is 260 g/mol. The van der Waals surface area contributed by atoms with Crippen LogP contribution in [-0.4, -0.2) is 11.1 Å². The number of carboxylic acids is 1. The maximum atomic E-state index is 12.0. The topological polar surface area (TPSA) is 37.3 Å². The Kier molecular flexibility index (Phi) is 3.32. The van der Waals surface area contributed by atoms with Gasteiger partial charge in [-0.1, -0.05) is 61.5 Å². The van der Waals surface area contributed by atoms with Crippen LogP contribution in [0.4, 0.5) is 0 Å². The highest BCUT2D eigenvalue weighted by Gasteiger charge is 2.69. The van der Waals surface area contributed by atoms with Crippen LogP contribution in [0.25, 0.3) is 0 Å². The number of rotatable bonds is 4. The van der Waals surface area contributed by atoms with E-state index in [1.807, 2.05) is 37.3 Å². The average Bonchev–Trinajstić information content (AvgIpc) is 3.19. The van der Waals surface area contributed by atoms with Crippen molar-refractivity contribution in [3.05, 3.63) is 71.3 Å². The normalized spacial score (nSPS) is 27.3. The van der Waals surface area contributed by atoms with Crippen molar-refractivity contribution < 1.29 is 9.90 Å². The van der Waals surface area contributed by atoms with Crippen LogP contribution in [-0.2, 0) is 4.79 Å². The van der Waals surface area contributed by atoms with Crippen molar-refractivity contribution in [3.8, 4) is 0 Å². The predicted molar refractivity (Wildman–Crippen MR) is 83.5 cm³/mol. The van der Waals surface area contributed by atoms with E-state index in [1.165, 1.54) is 11.1 Å². The molecule has 0 heterocycles. The molecule has 3 atom stereocenters. The first-order valence-corrected chi connectivity index (χ1v) is 7.46. The third-order valence-corrected chi connectivity index (χ3v) is 5.00. The van der Waals surface area contributed by atoms with Gasteiger partial charge in [-0.3, -0.25) is 4.79 Å². The molecule has 2 aromatic rings. The Morgan fingerprint density at radius 2 is 1.67 bits per heavy atom. The Morgan fingerprint density at radius 1 is 1.05 bits per heavy atom. The van der Waals surface area contributed by atoms with E-state index in [9.17, 15) is 9.90 Å². The molecule has 2 heteroatoms. The van der Waals surface area contributed by atoms with E-state index in [-0.39, 0.29) is 11.8 Å². The molecule has 1 fully saturated rings. The summed E-state index contributed by atoms with van der Waals surface area (Å²) in [5, 5.41) is 9.86. The summed E-state index contributed by atoms with van der Waals surface area (Å²) in [5.74, 6) is -0.530. The van der Waals surface area contributed by atoms with Crippen LogP contribution >= 0.6 is 0 Å². The van der Waals surface area contributed by atoms with Gasteiger partial charge in [-0.15, -0.1) is 0 Å². The monoisotopic (exact) mass is 280 g/mol. The number of benzene rings is 2. The molecule has 21 heavy (non-hydrogen) atoms. The fraction of sp³-hybridized carbons (Fsp3) is 0.316. The molecule has 108 valence electrons. The molecule has 0 aliphatic heterocycles. The Morgan fingerprint density at radius 3 is 2.24 bits per heavy atom. The summed E-state index contributed by atoms with van der Waals surface area (Å²) in [4.78, 5) is 12.0. The minimum Gasteiger partial charge on any atom is -0.481 e. The lowest BCUT2D eigenvalue weighted by Gasteiger charge is -2.11. The van der Waals surface area contributed by atoms with E-state index in [1.54, 1.807) is 0 Å². The summed E-state index contributed by atoms with van der Waals surface area (Å²) < 4.78 is 0. The molecule has 0 unspecified atom stereocenters. The van der Waals surface area contributed by atoms with Crippen molar-refractivity contribution in [1.29, 1.82) is 0 Å². The molecule has 0 aromatic heterocycles. The van der Waals surface area contributed by atoms with Gasteiger partial charge in [0.1, 0.15) is 0 Å². The van der Waals surface area contributed by atoms with Crippen LogP contribution in [0, 0.1) is 12.3 Å². The first kappa shape index (κ1) is 13.9. The average molecular weight is 280 g/mol. The van der Waals surface area contributed by atoms with Gasteiger partial charge in [0, 0.05) is 11.8 Å². The van der Waals surface area contributed by atoms with Gasteiger partial charge in [0.05, 0.1) is 5.41 Å². The number of hydrogen-bond donors (Lipinski definition) is 1. The Bertz CT molecular complexity index is 662. The number of aliphatic carboxylic acids is 1. The van der Waals surface area contributed by atoms with Gasteiger partial charge in [0.2, 0.25) is 0 Å². The second-order valence-electron chi connectivity index (χ2n) is 5.92. The molecule has 1 saturated carbocycles. The minimum absolute atomic E-state index is 0.0716. The van der Waals surface area contributed by atoms with Gasteiger partial charge >= 0.3 is 5.97 Å². The number of carboxylic acid groups (broad SMARTS) is 1. The van der Waals surface area contributed by atoms with Gasteiger partial charge < -0.3 is 5.11 Å². The van der Waals surface area contributed by atoms with Crippen LogP contribution in [0.15, 0.2) is 54.6 Å². The summed E-state index contributed by atoms with van der Waals surface area (Å²) in [5.41, 5.74) is 2.83. The molecule has 0 amide bonds. The van der Waals surface area contributed by atoms with E-state index < -0.39 is 11.4 Å². The van der Waals surface area contributed by atoms with E-state index in [2.05, 4.69) is 31.2 Å². The molecule has 0 bridgehead atoms. The van der Waals surface area contributed by atoms with E-state index >= 15 is 0 Å². The summed E-state index contributed by atoms with van der Waals surface area (Å²) >= 11 is 0. The summed E-state index contributed by atoms with van der Waals surface area (Å²) in [6.45, 7) is 4.06. The molecule has 2 aromatic carbocycles. The Balaban J connectivity index is 2.10. The predicted octanol–water partition coefficient (Wildman–Crippen LogP) is 4.36. The molecule has 3 rings (SSSR count). The van der Waals surface area contributed by atoms with Crippen LogP contribution in [0.5, 0.6) is 0 Å². The zero-order chi connectivity index (χ0) is 15.0. The second kappa shape index (κ2) is 5.03. The van der Waals surface area contributed by atoms with Gasteiger partial charge in [0.25, 0.3) is 0 Å². The van der Waals surface area contributed by atoms with Gasteiger partial charge in [-0.2, -0.15) is 0 Å². The fourth-order valence-electron chi connectivity index (χ4n) is 3.84. The molecule has 1 aliphatic carbocycles. The van der Waals surface area contributed by atoms with Crippen LogP contribution in [0.1, 0.15) is 41.9 Å². The Hall–Kier alpha value is -2.09. The zero-order valence-corrected chi connectivity index (χ0v) is 12.4. The lowest BCUT2D eigenvalue weighted by molar-refractivity contribution is -0.143. The van der Waals surface area contributed by atoms with Crippen molar-refractivity contribution in [1.82, 2.24) is 0 Å². The van der Waals surface area contributed by atoms with Crippen LogP contribution in [0.2, 0.25) is 0 Å². The van der Waals surface area contributed by atoms with Crippen LogP contribution in [0.3, 0.4) is 0 Å². The number of aryl methyl sites for hydroxylation is 1. The maximum absolute atomic E-state index is 12.0. The molecule has 1 aliphatic rings. The molecule has 0 saturated heterocycles. The van der Waals surface area contributed by atoms with Gasteiger partial charge in [0.15, 0.2) is 0 Å². The highest BCUT2D eigenvalue weighted by Crippen LogP contribution is 2.72. The number of hydrogen-bond acceptors (Lipinski definition) is 1. The molecule has 1 N–H and O–H groups in total. The van der Waals surface area contributed by atoms with Crippen molar-refractivity contribution in [3.63, 3.8) is 0 Å². The Labute approximate surface area is 125 Å². The largest absolute Gasteiger partial charge is 0.481 e. The summed E-state index contributed by atoms with van der Waals surface area (Å²) in [7, 11) is 0. The first-order valence-electron chi connectivity index (χ1n) is 7.46. The molecular formula is C19H20O2. The molecule has 0 radical (unpaired) electrons. The SMILES string of the molecule is CC[C@@]1(C(=O)O)[C@@H](c2ccccc2)[C@@H]1c1ccccc1C. The second-order valence-corrected chi connectivity index (χ2v) is 5.92. The van der Waals surface area contributed by atoms with Gasteiger partial charge in [-0.05, 0) is 30.0 Å². The maximum Gasteiger partial charge on any atom is 0.310 e. The van der Waals surface area contributed by atoms with Crippen molar-refractivity contribution >= 4 is 5.97 Å². The smallest absolute Gasteiger partial charge is 0.310 e. The lowest BCUT2D eigenvalue weighted by atomic mass is 9.93. The molecule has 2 nitrogen and oxygen atoms in total. The van der Waals surface area contributed by atoms with Crippen molar-refractivity contribution in [2.45, 2.75) is 32.1 Å². The quantitative estimate of drug-likeness (QED) is 0.903. The van der Waals surface area contributed by atoms with E-state index in [0.29, 0.717) is 6.42 Å². The molecule has 0 spiro atoms. The summed E-state index contributed by atoms with van der Waals surface area (Å²) in [6.07, 6.45) is 0.654. The third-order valence-electron chi connectivity index (χ3n) is 5.00. The number of carbonyl (C=O) groups is 1. The van der Waals surface area contributed by atoms with Crippen molar-refractivity contribution in [2.24, 2.45) is 5.41 Å². The third kappa shape index (κ3) is 1.98. The standard InChI is InChI=1S/C19H20O2/c1-3-19(18(20)21)16(14-10-5-4-6-11-14)17(19)15-12-8-7-9-13(15)2/h4-12,16-17H,3H2,1-2H3,(H,20,21)/t16-,17-,19+/m0/s1. The van der Waals surface area contributed by atoms with E-state index in [4.69, 9.17) is 0 Å². The van der Waals surface area contributed by atoms with E-state index in [0.717, 1.165) is 5.56 Å². The highest BCUT2D eigenvalue weighted by molar-refractivity contribution is 5.84. The first-order chi connectivity index (χ1) is 10.1. The summed E-state index contributed by atoms with van der Waals surface area (Å²) in [6, 6.07) is 18.2. The van der Waals surface area contributed by atoms with Gasteiger partial charge in [-0.25, -0.2) is 0 Å². The lowest BCUT2D eigenvalue weighted by Crippen LogP contribution is -2.17. The van der Waals surface area contributed by atoms with Crippen molar-refractivity contribution in [2.75, 3.05) is 0 Å².